The molecule has 0 spiro atoms. The average Bonchev–Trinajstić information content (AvgIpc) is 3.22. The first-order chi connectivity index (χ1) is 20.9. The number of esters is 1. The number of nitrogens with one attached hydrogen (secondary N) is 1. The van der Waals surface area contributed by atoms with Crippen LogP contribution in [0.3, 0.4) is 0 Å². The molecule has 1 fully saturated rings. The third-order valence-electron chi connectivity index (χ3n) is 6.39. The quantitative estimate of drug-likeness (QED) is 0.0702. The molecule has 3 aromatic rings. The van der Waals surface area contributed by atoms with Gasteiger partial charge in [0.05, 0.1) is 12.7 Å². The number of para-hydroxylation sites is 1. The molecule has 2 heterocycles. The predicted octanol–water partition coefficient (Wildman–Crippen LogP) is 2.44. The summed E-state index contributed by atoms with van der Waals surface area (Å²) in [7, 11) is -4.61. The largest absolute Gasteiger partial charge is 0.462 e. The van der Waals surface area contributed by atoms with E-state index in [2.05, 4.69) is 20.1 Å². The lowest BCUT2D eigenvalue weighted by atomic mass is 10.1. The van der Waals surface area contributed by atoms with Crippen LogP contribution in [0.25, 0.3) is 10.4 Å². The van der Waals surface area contributed by atoms with Crippen molar-refractivity contribution in [3.63, 3.8) is 0 Å². The zero-order valence-corrected chi connectivity index (χ0v) is 24.6. The number of aliphatic hydroxyl groups is 2. The fraction of sp³-hybridized carbons (Fsp3) is 0.370. The summed E-state index contributed by atoms with van der Waals surface area (Å²) in [4.78, 5) is 31.8. The molecule has 0 bridgehead atoms. The molecule has 6 atom stereocenters. The summed E-state index contributed by atoms with van der Waals surface area (Å²) < 4.78 is 37.6. The molecule has 44 heavy (non-hydrogen) atoms. The molecule has 1 aromatic heterocycles. The van der Waals surface area contributed by atoms with Crippen molar-refractivity contribution in [3.05, 3.63) is 99.4 Å². The highest BCUT2D eigenvalue weighted by atomic mass is 31.2. The van der Waals surface area contributed by atoms with Gasteiger partial charge >= 0.3 is 19.4 Å². The van der Waals surface area contributed by atoms with Gasteiger partial charge in [-0.05, 0) is 49.6 Å². The molecule has 4 rings (SSSR count). The molecule has 0 aliphatic carbocycles. The number of nitrogens with two attached hydrogens (primary N) is 1. The number of aromatic nitrogens is 2. The van der Waals surface area contributed by atoms with Gasteiger partial charge in [-0.2, -0.15) is 10.1 Å². The van der Waals surface area contributed by atoms with Crippen molar-refractivity contribution in [1.82, 2.24) is 14.6 Å². The van der Waals surface area contributed by atoms with Crippen molar-refractivity contribution in [2.75, 3.05) is 12.3 Å². The summed E-state index contributed by atoms with van der Waals surface area (Å²) in [5, 5.41) is 27.9. The second-order valence-electron chi connectivity index (χ2n) is 10.1. The molecule has 0 radical (unpaired) electrons. The van der Waals surface area contributed by atoms with Crippen LogP contribution in [0.15, 0.2) is 82.8 Å². The number of carbonyl (C=O) groups is 1. The Morgan fingerprint density at radius 2 is 1.86 bits per heavy atom. The molecule has 17 heteroatoms. The molecule has 2 aromatic carbocycles. The minimum atomic E-state index is -4.61. The lowest BCUT2D eigenvalue weighted by Crippen LogP contribution is -2.46. The zero-order valence-electron chi connectivity index (χ0n) is 23.7. The van der Waals surface area contributed by atoms with E-state index >= 15 is 0 Å². The highest BCUT2D eigenvalue weighted by Crippen LogP contribution is 2.48. The van der Waals surface area contributed by atoms with E-state index in [9.17, 15) is 29.9 Å². The van der Waals surface area contributed by atoms with Crippen LogP contribution in [-0.2, 0) is 29.8 Å². The first kappa shape index (κ1) is 32.6. The number of nitrogens with zero attached hydrogens (tertiary/aromatic N) is 5. The summed E-state index contributed by atoms with van der Waals surface area (Å²) in [6, 6.07) is 16.7. The van der Waals surface area contributed by atoms with E-state index in [4.69, 9.17) is 24.3 Å². The highest BCUT2D eigenvalue weighted by Gasteiger charge is 2.56. The van der Waals surface area contributed by atoms with Crippen LogP contribution in [0.4, 0.5) is 5.82 Å². The van der Waals surface area contributed by atoms with Gasteiger partial charge in [-0.15, -0.1) is 0 Å². The minimum absolute atomic E-state index is 0.0202. The summed E-state index contributed by atoms with van der Waals surface area (Å²) in [5.74, 6) is -0.769. The van der Waals surface area contributed by atoms with Gasteiger partial charge in [0.1, 0.15) is 29.8 Å². The van der Waals surface area contributed by atoms with Gasteiger partial charge in [0.2, 0.25) is 5.72 Å². The number of hydrogen-bond donors (Lipinski definition) is 4. The topological polar surface area (TPSA) is 233 Å². The number of carbonyl (C=O) groups excluding carboxylic acids is 1. The van der Waals surface area contributed by atoms with Crippen LogP contribution in [0.5, 0.6) is 5.75 Å². The van der Waals surface area contributed by atoms with Crippen LogP contribution < -0.4 is 21.0 Å². The molecule has 1 aliphatic heterocycles. The number of benzene rings is 2. The summed E-state index contributed by atoms with van der Waals surface area (Å²) in [6.45, 7) is 2.34. The Bertz CT molecular complexity index is 1590. The number of nitrogen functional groups attached to an aromatic ring is 1. The number of rotatable bonds is 13. The molecular formula is C27H32N7O9P. The summed E-state index contributed by atoms with van der Waals surface area (Å²) in [6.07, 6.45) is -4.73. The smallest absolute Gasteiger partial charge is 0.459 e. The van der Waals surface area contributed by atoms with Gasteiger partial charge in [-0.1, -0.05) is 53.6 Å². The predicted molar refractivity (Wildman–Crippen MR) is 156 cm³/mol. The van der Waals surface area contributed by atoms with Crippen LogP contribution in [0.2, 0.25) is 0 Å². The van der Waals surface area contributed by atoms with Gasteiger partial charge in [0.25, 0.3) is 0 Å². The van der Waals surface area contributed by atoms with Crippen molar-refractivity contribution in [2.45, 2.75) is 56.6 Å². The number of hydrogen-bond acceptors (Lipinski definition) is 12. The van der Waals surface area contributed by atoms with Crippen molar-refractivity contribution < 1.29 is 38.1 Å². The second kappa shape index (κ2) is 14.0. The third-order valence-corrected chi connectivity index (χ3v) is 7.93. The minimum Gasteiger partial charge on any atom is -0.462 e. The van der Waals surface area contributed by atoms with E-state index in [1.165, 1.54) is 18.2 Å². The number of anilines is 1. The SMILES string of the molecule is CC(C)OC(=O)[C@H](Cc1ccccc1)NP(=O)(OC[C@@]1(N=[N+]=[N-])O[C@@H](n2ccc(N)nc2=O)[C@H](O)[C@@H]1O)Oc1ccccc1. The fourth-order valence-corrected chi connectivity index (χ4v) is 5.86. The van der Waals surface area contributed by atoms with E-state index < -0.39 is 62.3 Å². The number of ether oxygens (including phenoxy) is 2. The molecule has 0 saturated carbocycles. The van der Waals surface area contributed by atoms with Gasteiger partial charge in [0.15, 0.2) is 6.23 Å². The van der Waals surface area contributed by atoms with Gasteiger partial charge in [-0.25, -0.2) is 9.36 Å². The summed E-state index contributed by atoms with van der Waals surface area (Å²) in [5.41, 5.74) is 12.2. The van der Waals surface area contributed by atoms with Crippen molar-refractivity contribution >= 4 is 19.5 Å². The molecule has 16 nitrogen and oxygen atoms in total. The molecule has 0 amide bonds. The van der Waals surface area contributed by atoms with E-state index in [1.54, 1.807) is 62.4 Å². The Morgan fingerprint density at radius 1 is 1.20 bits per heavy atom. The number of aliphatic hydroxyl groups excluding tert-OH is 2. The van der Waals surface area contributed by atoms with Gasteiger partial charge < -0.3 is 29.9 Å². The van der Waals surface area contributed by atoms with E-state index in [-0.39, 0.29) is 18.0 Å². The molecule has 1 saturated heterocycles. The first-order valence-electron chi connectivity index (χ1n) is 13.4. The van der Waals surface area contributed by atoms with E-state index in [0.29, 0.717) is 5.56 Å². The van der Waals surface area contributed by atoms with E-state index in [0.717, 1.165) is 10.8 Å². The standard InChI is InChI=1S/C27H32N7O9P/c1-17(2)41-25(37)20(15-18-9-5-3-6-10-18)31-44(39,43-19-11-7-4-8-12-19)40-16-27(32-33-29)23(36)22(35)24(42-27)34-14-13-21(28)30-26(34)38/h3-14,17,20,22-24,35-36H,15-16H2,1-2H3,(H,31,39)(H2,28,30,38)/t20-,22+,23-,24+,27+,44?/m0/s1. The monoisotopic (exact) mass is 629 g/mol. The Balaban J connectivity index is 1.67. The first-order valence-corrected chi connectivity index (χ1v) is 15.0. The van der Waals surface area contributed by atoms with Gasteiger partial charge in [0, 0.05) is 11.1 Å². The van der Waals surface area contributed by atoms with Gasteiger partial charge in [-0.3, -0.25) is 13.9 Å². The molecule has 234 valence electrons. The lowest BCUT2D eigenvalue weighted by molar-refractivity contribution is -0.149. The van der Waals surface area contributed by atoms with Crippen LogP contribution in [-0.4, -0.2) is 62.4 Å². The normalized spacial score (nSPS) is 23.3. The van der Waals surface area contributed by atoms with Crippen molar-refractivity contribution in [3.8, 4) is 5.75 Å². The zero-order chi connectivity index (χ0) is 31.9. The Labute approximate surface area is 251 Å². The van der Waals surface area contributed by atoms with Crippen molar-refractivity contribution in [1.29, 1.82) is 0 Å². The maximum atomic E-state index is 14.3. The maximum absolute atomic E-state index is 14.3. The van der Waals surface area contributed by atoms with E-state index in [1.807, 2.05) is 0 Å². The molecular weight excluding hydrogens is 597 g/mol. The highest BCUT2D eigenvalue weighted by molar-refractivity contribution is 7.52. The van der Waals surface area contributed by atoms with Crippen molar-refractivity contribution in [2.24, 2.45) is 5.11 Å². The molecule has 1 unspecified atom stereocenters. The lowest BCUT2D eigenvalue weighted by Gasteiger charge is -2.30. The van der Waals surface area contributed by atoms with Crippen LogP contribution in [0, 0.1) is 0 Å². The third kappa shape index (κ3) is 7.81. The Hall–Kier alpha value is -4.27. The average molecular weight is 630 g/mol. The Morgan fingerprint density at radius 3 is 2.48 bits per heavy atom. The van der Waals surface area contributed by atoms with Crippen LogP contribution >= 0.6 is 7.75 Å². The maximum Gasteiger partial charge on any atom is 0.459 e. The fourth-order valence-electron chi connectivity index (χ4n) is 4.34. The summed E-state index contributed by atoms with van der Waals surface area (Å²) >= 11 is 0. The van der Waals surface area contributed by atoms with Crippen LogP contribution in [0.1, 0.15) is 25.6 Å². The molecule has 1 aliphatic rings. The number of azide groups is 1. The Kier molecular flexibility index (Phi) is 10.4. The second-order valence-corrected chi connectivity index (χ2v) is 11.7. The molecule has 5 N–H and O–H groups in total.